The largest absolute Gasteiger partial charge is 0.481 e. The van der Waals surface area contributed by atoms with E-state index in [1.165, 1.54) is 0 Å². The lowest BCUT2D eigenvalue weighted by atomic mass is 10.1. The highest BCUT2D eigenvalue weighted by atomic mass is 16.4. The van der Waals surface area contributed by atoms with Crippen LogP contribution in [0.1, 0.15) is 71.1 Å². The van der Waals surface area contributed by atoms with Gasteiger partial charge in [-0.15, -0.1) is 0 Å². The average molecular weight is 331 g/mol. The van der Waals surface area contributed by atoms with Gasteiger partial charge >= 0.3 is 5.97 Å². The fourth-order valence-electron chi connectivity index (χ4n) is 2.08. The molecule has 0 aliphatic rings. The molecule has 0 heterocycles. The third-order valence-corrected chi connectivity index (χ3v) is 3.42. The number of carboxylic acids is 1. The number of carbonyl (C=O) groups is 1. The van der Waals surface area contributed by atoms with Gasteiger partial charge in [0.05, 0.1) is 0 Å². The molecular weight excluding hydrogens is 296 g/mol. The third kappa shape index (κ3) is 20.2. The van der Waals surface area contributed by atoms with Crippen molar-refractivity contribution < 1.29 is 9.90 Å². The lowest BCUT2D eigenvalue weighted by Crippen LogP contribution is -1.93. The van der Waals surface area contributed by atoms with E-state index in [2.05, 4.69) is 67.7 Å². The number of allylic oxidation sites excluding steroid dienone is 10. The summed E-state index contributed by atoms with van der Waals surface area (Å²) in [6.45, 7) is 2.15. The van der Waals surface area contributed by atoms with E-state index >= 15 is 0 Å². The molecule has 1 N–H and O–H groups in total. The summed E-state index contributed by atoms with van der Waals surface area (Å²) in [5.41, 5.74) is 0. The van der Waals surface area contributed by atoms with Crippen molar-refractivity contribution in [2.75, 3.05) is 0 Å². The first-order chi connectivity index (χ1) is 11.8. The van der Waals surface area contributed by atoms with E-state index in [4.69, 9.17) is 5.11 Å². The van der Waals surface area contributed by atoms with Gasteiger partial charge in [-0.2, -0.15) is 0 Å². The second kappa shape index (κ2) is 19.2. The first-order valence-corrected chi connectivity index (χ1v) is 9.25. The minimum Gasteiger partial charge on any atom is -0.481 e. The molecule has 0 radical (unpaired) electrons. The molecule has 0 aromatic rings. The van der Waals surface area contributed by atoms with Crippen LogP contribution in [-0.2, 0) is 4.79 Å². The number of hydrogen-bond acceptors (Lipinski definition) is 1. The van der Waals surface area contributed by atoms with Gasteiger partial charge in [0.2, 0.25) is 0 Å². The minimum atomic E-state index is -0.692. The first kappa shape index (κ1) is 22.2. The zero-order valence-corrected chi connectivity index (χ0v) is 15.2. The summed E-state index contributed by atoms with van der Waals surface area (Å²) in [5.74, 6) is -0.692. The maximum Gasteiger partial charge on any atom is 0.303 e. The molecule has 24 heavy (non-hydrogen) atoms. The van der Waals surface area contributed by atoms with Gasteiger partial charge in [-0.25, -0.2) is 0 Å². The summed E-state index contributed by atoms with van der Waals surface area (Å²) in [5, 5.41) is 8.52. The molecule has 2 heteroatoms. The van der Waals surface area contributed by atoms with Crippen LogP contribution in [0.4, 0.5) is 0 Å². The number of carboxylic acid groups (broad SMARTS) is 1. The van der Waals surface area contributed by atoms with Crippen LogP contribution in [0.25, 0.3) is 0 Å². The van der Waals surface area contributed by atoms with E-state index in [-0.39, 0.29) is 0 Å². The van der Waals surface area contributed by atoms with Gasteiger partial charge in [0.25, 0.3) is 0 Å². The molecule has 0 aromatic heterocycles. The molecule has 0 aliphatic carbocycles. The minimum absolute atomic E-state index is 0.294. The van der Waals surface area contributed by atoms with Crippen LogP contribution in [-0.4, -0.2) is 11.1 Å². The quantitative estimate of drug-likeness (QED) is 0.204. The van der Waals surface area contributed by atoms with Crippen molar-refractivity contribution in [3.05, 3.63) is 60.8 Å². The molecular formula is C22H34O2. The second-order valence-corrected chi connectivity index (χ2v) is 5.72. The number of aliphatic carboxylic acids is 1. The Balaban J connectivity index is 3.42. The third-order valence-electron chi connectivity index (χ3n) is 3.42. The zero-order chi connectivity index (χ0) is 17.7. The molecule has 0 aromatic carbocycles. The van der Waals surface area contributed by atoms with Crippen LogP contribution in [0, 0.1) is 0 Å². The summed E-state index contributed by atoms with van der Waals surface area (Å²) in [6.07, 6.45) is 31.3. The summed E-state index contributed by atoms with van der Waals surface area (Å²) < 4.78 is 0. The molecule has 2 nitrogen and oxygen atoms in total. The Labute approximate surface area is 148 Å². The highest BCUT2D eigenvalue weighted by Crippen LogP contribution is 2.04. The van der Waals surface area contributed by atoms with Gasteiger partial charge in [0, 0.05) is 6.42 Å². The van der Waals surface area contributed by atoms with Crippen LogP contribution in [0.2, 0.25) is 0 Å². The predicted molar refractivity (Wildman–Crippen MR) is 105 cm³/mol. The fraction of sp³-hybridized carbons (Fsp3) is 0.500. The summed E-state index contributed by atoms with van der Waals surface area (Å²) in [4.78, 5) is 10.3. The molecule has 0 saturated heterocycles. The smallest absolute Gasteiger partial charge is 0.303 e. The highest BCUT2D eigenvalue weighted by molar-refractivity contribution is 5.66. The Kier molecular flexibility index (Phi) is 17.8. The number of rotatable bonds is 15. The monoisotopic (exact) mass is 330 g/mol. The van der Waals surface area contributed by atoms with Gasteiger partial charge in [-0.3, -0.25) is 4.79 Å². The normalized spacial score (nSPS) is 12.7. The van der Waals surface area contributed by atoms with E-state index in [0.717, 1.165) is 57.8 Å². The molecule has 0 rings (SSSR count). The molecule has 0 aliphatic heterocycles. The molecule has 134 valence electrons. The van der Waals surface area contributed by atoms with E-state index in [1.807, 2.05) is 0 Å². The van der Waals surface area contributed by atoms with E-state index < -0.39 is 5.97 Å². The number of unbranched alkanes of at least 4 members (excludes halogenated alkanes) is 4. The first-order valence-electron chi connectivity index (χ1n) is 9.25. The van der Waals surface area contributed by atoms with Crippen molar-refractivity contribution in [1.82, 2.24) is 0 Å². The van der Waals surface area contributed by atoms with E-state index in [1.54, 1.807) is 0 Å². The molecule has 0 saturated carbocycles. The number of hydrogen-bond donors (Lipinski definition) is 1. The highest BCUT2D eigenvalue weighted by Gasteiger charge is 1.94. The molecule has 0 bridgehead atoms. The van der Waals surface area contributed by atoms with Gasteiger partial charge in [-0.05, 0) is 51.4 Å². The maximum atomic E-state index is 10.3. The molecule has 0 unspecified atom stereocenters. The average Bonchev–Trinajstić information content (AvgIpc) is 2.56. The van der Waals surface area contributed by atoms with Crippen LogP contribution < -0.4 is 0 Å². The standard InChI is InChI=1S/C22H34O2/c1-2-3-4-5-6-7-8-9-10-11-12-13-14-15-16-17-18-19-20-21-22(23)24/h3-4,6-7,9-10,13-16H,2,5,8,11-12,17-21H2,1H3,(H,23,24)/b4-3-,7-6-,10-9-,14-13+,16-15-. The van der Waals surface area contributed by atoms with E-state index in [9.17, 15) is 4.79 Å². The van der Waals surface area contributed by atoms with Gasteiger partial charge in [0.1, 0.15) is 0 Å². The van der Waals surface area contributed by atoms with E-state index in [0.29, 0.717) is 6.42 Å². The lowest BCUT2D eigenvalue weighted by molar-refractivity contribution is -0.137. The van der Waals surface area contributed by atoms with Crippen LogP contribution in [0.15, 0.2) is 60.8 Å². The van der Waals surface area contributed by atoms with Crippen molar-refractivity contribution in [3.8, 4) is 0 Å². The molecule has 0 spiro atoms. The van der Waals surface area contributed by atoms with Crippen molar-refractivity contribution in [1.29, 1.82) is 0 Å². The molecule has 0 amide bonds. The topological polar surface area (TPSA) is 37.3 Å². The van der Waals surface area contributed by atoms with Gasteiger partial charge in [-0.1, -0.05) is 74.1 Å². The Bertz CT molecular complexity index is 425. The van der Waals surface area contributed by atoms with Crippen LogP contribution in [0.5, 0.6) is 0 Å². The second-order valence-electron chi connectivity index (χ2n) is 5.72. The Morgan fingerprint density at radius 2 is 1.29 bits per heavy atom. The van der Waals surface area contributed by atoms with Crippen molar-refractivity contribution in [2.45, 2.75) is 71.1 Å². The Morgan fingerprint density at radius 3 is 1.96 bits per heavy atom. The van der Waals surface area contributed by atoms with Crippen LogP contribution in [0.3, 0.4) is 0 Å². The Morgan fingerprint density at radius 1 is 0.708 bits per heavy atom. The fourth-order valence-corrected chi connectivity index (χ4v) is 2.08. The predicted octanol–water partition coefficient (Wildman–Crippen LogP) is 6.77. The van der Waals surface area contributed by atoms with Crippen LogP contribution >= 0.6 is 0 Å². The SMILES string of the molecule is CC/C=C\C/C=C\C/C=C\CC/C=C/C=C\CCCCCC(=O)O. The van der Waals surface area contributed by atoms with Crippen molar-refractivity contribution >= 4 is 5.97 Å². The maximum absolute atomic E-state index is 10.3. The van der Waals surface area contributed by atoms with Gasteiger partial charge < -0.3 is 5.11 Å². The Hall–Kier alpha value is -1.83. The summed E-state index contributed by atoms with van der Waals surface area (Å²) >= 11 is 0. The summed E-state index contributed by atoms with van der Waals surface area (Å²) in [6, 6.07) is 0. The lowest BCUT2D eigenvalue weighted by Gasteiger charge is -1.94. The summed E-state index contributed by atoms with van der Waals surface area (Å²) in [7, 11) is 0. The molecule has 0 atom stereocenters. The zero-order valence-electron chi connectivity index (χ0n) is 15.2. The van der Waals surface area contributed by atoms with Crippen molar-refractivity contribution in [3.63, 3.8) is 0 Å². The van der Waals surface area contributed by atoms with Crippen molar-refractivity contribution in [2.24, 2.45) is 0 Å². The van der Waals surface area contributed by atoms with Gasteiger partial charge in [0.15, 0.2) is 0 Å². The molecule has 0 fully saturated rings.